The summed E-state index contributed by atoms with van der Waals surface area (Å²) >= 11 is 0. The number of piperazine rings is 1. The zero-order valence-electron chi connectivity index (χ0n) is 12.9. The van der Waals surface area contributed by atoms with Crippen LogP contribution in [0.25, 0.3) is 0 Å². The summed E-state index contributed by atoms with van der Waals surface area (Å²) in [6, 6.07) is 19.3. The van der Waals surface area contributed by atoms with Crippen LogP contribution < -0.4 is 0 Å². The van der Waals surface area contributed by atoms with Crippen LogP contribution in [-0.2, 0) is 12.8 Å². The lowest BCUT2D eigenvalue weighted by Crippen LogP contribution is -2.54. The summed E-state index contributed by atoms with van der Waals surface area (Å²) in [7, 11) is 0. The molecule has 0 amide bonds. The van der Waals surface area contributed by atoms with Crippen molar-refractivity contribution < 1.29 is 0 Å². The van der Waals surface area contributed by atoms with Crippen molar-refractivity contribution in [1.29, 1.82) is 0 Å². The third kappa shape index (κ3) is 1.81. The predicted molar refractivity (Wildman–Crippen MR) is 88.9 cm³/mol. The Bertz CT molecular complexity index is 647. The van der Waals surface area contributed by atoms with Crippen LogP contribution in [0.15, 0.2) is 48.5 Å². The average molecular weight is 290 g/mol. The highest BCUT2D eigenvalue weighted by Crippen LogP contribution is 2.46. The summed E-state index contributed by atoms with van der Waals surface area (Å²) < 4.78 is 0. The molecule has 5 rings (SSSR count). The SMILES string of the molecule is c1ccc2c(c1)CCN1CCN3CCc4ccccc4[C@@H]3[C@@H]21. The van der Waals surface area contributed by atoms with Crippen molar-refractivity contribution in [3.8, 4) is 0 Å². The second-order valence-corrected chi connectivity index (χ2v) is 6.86. The molecule has 2 aromatic rings. The van der Waals surface area contributed by atoms with Gasteiger partial charge in [0.25, 0.3) is 0 Å². The maximum absolute atomic E-state index is 2.73. The number of fused-ring (bicyclic) bond motifs is 7. The molecule has 0 aliphatic carbocycles. The lowest BCUT2D eigenvalue weighted by molar-refractivity contribution is 0.00528. The second-order valence-electron chi connectivity index (χ2n) is 6.86. The van der Waals surface area contributed by atoms with Gasteiger partial charge in [-0.3, -0.25) is 9.80 Å². The van der Waals surface area contributed by atoms with Crippen LogP contribution in [0, 0.1) is 0 Å². The molecule has 1 saturated heterocycles. The lowest BCUT2D eigenvalue weighted by Gasteiger charge is -2.52. The minimum atomic E-state index is 0.542. The molecule has 0 radical (unpaired) electrons. The number of hydrogen-bond acceptors (Lipinski definition) is 2. The van der Waals surface area contributed by atoms with E-state index >= 15 is 0 Å². The van der Waals surface area contributed by atoms with Crippen LogP contribution in [0.5, 0.6) is 0 Å². The van der Waals surface area contributed by atoms with Crippen LogP contribution in [0.4, 0.5) is 0 Å². The molecular weight excluding hydrogens is 268 g/mol. The van der Waals surface area contributed by atoms with E-state index in [1.807, 2.05) is 0 Å². The minimum absolute atomic E-state index is 0.542. The van der Waals surface area contributed by atoms with Crippen molar-refractivity contribution in [3.05, 3.63) is 70.8 Å². The zero-order chi connectivity index (χ0) is 14.5. The quantitative estimate of drug-likeness (QED) is 0.735. The van der Waals surface area contributed by atoms with E-state index < -0.39 is 0 Å². The molecule has 2 atom stereocenters. The van der Waals surface area contributed by atoms with Crippen LogP contribution in [0.1, 0.15) is 34.3 Å². The van der Waals surface area contributed by atoms with Gasteiger partial charge in [-0.1, -0.05) is 48.5 Å². The molecule has 3 aliphatic rings. The normalized spacial score (nSPS) is 27.5. The third-order valence-corrected chi connectivity index (χ3v) is 5.84. The summed E-state index contributed by atoms with van der Waals surface area (Å²) in [5, 5.41) is 0. The van der Waals surface area contributed by atoms with Crippen molar-refractivity contribution in [2.75, 3.05) is 26.2 Å². The Morgan fingerprint density at radius 1 is 0.591 bits per heavy atom. The highest BCUT2D eigenvalue weighted by molar-refractivity contribution is 5.40. The van der Waals surface area contributed by atoms with E-state index in [9.17, 15) is 0 Å². The van der Waals surface area contributed by atoms with Gasteiger partial charge >= 0.3 is 0 Å². The Hall–Kier alpha value is -1.64. The van der Waals surface area contributed by atoms with E-state index in [1.54, 1.807) is 22.3 Å². The number of hydrogen-bond donors (Lipinski definition) is 0. The molecular formula is C20H22N2. The first-order valence-corrected chi connectivity index (χ1v) is 8.55. The number of rotatable bonds is 0. The van der Waals surface area contributed by atoms with Gasteiger partial charge in [-0.05, 0) is 35.1 Å². The minimum Gasteiger partial charge on any atom is -0.293 e. The van der Waals surface area contributed by atoms with E-state index in [-0.39, 0.29) is 0 Å². The molecule has 0 spiro atoms. The summed E-state index contributed by atoms with van der Waals surface area (Å²) in [6.07, 6.45) is 2.42. The molecule has 0 aromatic heterocycles. The fourth-order valence-corrected chi connectivity index (χ4v) is 4.80. The van der Waals surface area contributed by atoms with Crippen LogP contribution in [0.2, 0.25) is 0 Å². The monoisotopic (exact) mass is 290 g/mol. The summed E-state index contributed by atoms with van der Waals surface area (Å²) in [4.78, 5) is 5.46. The van der Waals surface area contributed by atoms with Crippen LogP contribution >= 0.6 is 0 Å². The highest BCUT2D eigenvalue weighted by atomic mass is 15.3. The molecule has 1 fully saturated rings. The Balaban J connectivity index is 1.67. The molecule has 0 saturated carbocycles. The standard InChI is InChI=1S/C20H22N2/c1-3-7-17-15(5-1)9-11-21-13-14-22-12-10-16-6-2-4-8-18(16)20(22)19(17)21/h1-8,19-20H,9-14H2/t19-,20-/m1/s1. The topological polar surface area (TPSA) is 6.48 Å². The van der Waals surface area contributed by atoms with Crippen molar-refractivity contribution in [2.24, 2.45) is 0 Å². The molecule has 0 bridgehead atoms. The first-order valence-electron chi connectivity index (χ1n) is 8.55. The molecule has 22 heavy (non-hydrogen) atoms. The van der Waals surface area contributed by atoms with Gasteiger partial charge in [-0.15, -0.1) is 0 Å². The Kier molecular flexibility index (Phi) is 2.89. The van der Waals surface area contributed by atoms with Crippen molar-refractivity contribution in [3.63, 3.8) is 0 Å². The molecule has 2 aromatic carbocycles. The largest absolute Gasteiger partial charge is 0.293 e. The first-order chi connectivity index (χ1) is 10.9. The Morgan fingerprint density at radius 2 is 1.05 bits per heavy atom. The van der Waals surface area contributed by atoms with Gasteiger partial charge in [-0.2, -0.15) is 0 Å². The first kappa shape index (κ1) is 12.9. The molecule has 3 heterocycles. The van der Waals surface area contributed by atoms with Gasteiger partial charge in [0.1, 0.15) is 0 Å². The zero-order valence-corrected chi connectivity index (χ0v) is 12.9. The van der Waals surface area contributed by atoms with Crippen molar-refractivity contribution >= 4 is 0 Å². The third-order valence-electron chi connectivity index (χ3n) is 5.84. The smallest absolute Gasteiger partial charge is 0.0548 e. The number of benzene rings is 2. The Labute approximate surface area is 132 Å². The van der Waals surface area contributed by atoms with Gasteiger partial charge in [-0.25, -0.2) is 0 Å². The lowest BCUT2D eigenvalue weighted by atomic mass is 9.79. The Morgan fingerprint density at radius 3 is 1.55 bits per heavy atom. The summed E-state index contributed by atoms with van der Waals surface area (Å²) in [5.74, 6) is 0. The van der Waals surface area contributed by atoms with Gasteiger partial charge in [0.2, 0.25) is 0 Å². The van der Waals surface area contributed by atoms with Crippen molar-refractivity contribution in [2.45, 2.75) is 24.9 Å². The van der Waals surface area contributed by atoms with Crippen LogP contribution in [-0.4, -0.2) is 36.0 Å². The highest BCUT2D eigenvalue weighted by Gasteiger charge is 2.42. The van der Waals surface area contributed by atoms with Gasteiger partial charge < -0.3 is 0 Å². The fourth-order valence-electron chi connectivity index (χ4n) is 4.80. The maximum Gasteiger partial charge on any atom is 0.0548 e. The predicted octanol–water partition coefficient (Wildman–Crippen LogP) is 3.20. The van der Waals surface area contributed by atoms with E-state index in [0.717, 1.165) is 0 Å². The number of nitrogens with zero attached hydrogens (tertiary/aromatic N) is 2. The van der Waals surface area contributed by atoms with Gasteiger partial charge in [0.05, 0.1) is 12.1 Å². The van der Waals surface area contributed by atoms with E-state index in [2.05, 4.69) is 58.3 Å². The fraction of sp³-hybridized carbons (Fsp3) is 0.400. The molecule has 0 N–H and O–H groups in total. The maximum atomic E-state index is 2.73. The summed E-state index contributed by atoms with van der Waals surface area (Å²) in [6.45, 7) is 4.87. The van der Waals surface area contributed by atoms with Crippen molar-refractivity contribution in [1.82, 2.24) is 9.80 Å². The second kappa shape index (κ2) is 4.94. The molecule has 2 nitrogen and oxygen atoms in total. The molecule has 0 unspecified atom stereocenters. The van der Waals surface area contributed by atoms with Gasteiger partial charge in [0.15, 0.2) is 0 Å². The molecule has 2 heteroatoms. The van der Waals surface area contributed by atoms with E-state index in [4.69, 9.17) is 0 Å². The average Bonchev–Trinajstić information content (AvgIpc) is 2.60. The summed E-state index contributed by atoms with van der Waals surface area (Å²) in [5.41, 5.74) is 6.27. The molecule has 3 aliphatic heterocycles. The molecule has 112 valence electrons. The van der Waals surface area contributed by atoms with Crippen LogP contribution in [0.3, 0.4) is 0 Å². The van der Waals surface area contributed by atoms with E-state index in [0.29, 0.717) is 12.1 Å². The van der Waals surface area contributed by atoms with E-state index in [1.165, 1.54) is 39.0 Å². The van der Waals surface area contributed by atoms with Gasteiger partial charge in [0, 0.05) is 26.2 Å².